The Balaban J connectivity index is 1.75. The Hall–Kier alpha value is -3.22. The van der Waals surface area contributed by atoms with Crippen LogP contribution in [0.25, 0.3) is 0 Å². The number of rotatable bonds is 6. The highest BCUT2D eigenvalue weighted by atomic mass is 28.4. The van der Waals surface area contributed by atoms with Gasteiger partial charge in [0.05, 0.1) is 12.6 Å². The minimum absolute atomic E-state index is 0.000425. The van der Waals surface area contributed by atoms with Crippen molar-refractivity contribution < 1.29 is 18.8 Å². The van der Waals surface area contributed by atoms with E-state index in [0.29, 0.717) is 6.42 Å². The van der Waals surface area contributed by atoms with Gasteiger partial charge in [-0.2, -0.15) is 0 Å². The second-order valence-electron chi connectivity index (χ2n) is 12.9. The van der Waals surface area contributed by atoms with Crippen molar-refractivity contribution in [1.82, 2.24) is 4.90 Å². The molecule has 40 heavy (non-hydrogen) atoms. The van der Waals surface area contributed by atoms with Gasteiger partial charge in [0.1, 0.15) is 5.60 Å². The molecule has 0 saturated carbocycles. The molecule has 212 valence electrons. The van der Waals surface area contributed by atoms with Crippen LogP contribution in [0.2, 0.25) is 5.04 Å². The van der Waals surface area contributed by atoms with E-state index in [-0.39, 0.29) is 29.9 Å². The lowest BCUT2D eigenvalue weighted by atomic mass is 9.85. The molecule has 0 bridgehead atoms. The summed E-state index contributed by atoms with van der Waals surface area (Å²) in [5.41, 5.74) is 1.57. The molecule has 2 atom stereocenters. The van der Waals surface area contributed by atoms with E-state index in [1.807, 2.05) is 32.9 Å². The molecule has 1 saturated heterocycles. The average molecular weight is 558 g/mol. The lowest BCUT2D eigenvalue weighted by Crippen LogP contribution is -2.67. The lowest BCUT2D eigenvalue weighted by Gasteiger charge is -2.45. The maximum absolute atomic E-state index is 13.6. The highest BCUT2D eigenvalue weighted by Crippen LogP contribution is 2.39. The third-order valence-corrected chi connectivity index (χ3v) is 12.7. The number of carbonyl (C=O) groups is 2. The standard InChI is InChI=1S/C34H43NO4Si/c1-25-18-20-26(21-19-25)27-22-28(35(31(36)23-27)32(37)39-33(2,3)4)24-38-40(34(5,6)7,29-14-10-8-11-15-29)30-16-12-9-13-17-30/h8-21,27-28H,22-24H2,1-7H3/t27-,28+/m1/s1. The molecule has 1 fully saturated rings. The Bertz CT molecular complexity index is 1250. The summed E-state index contributed by atoms with van der Waals surface area (Å²) >= 11 is 0. The van der Waals surface area contributed by atoms with Gasteiger partial charge in [-0.05, 0) is 61.0 Å². The smallest absolute Gasteiger partial charge is 0.417 e. The van der Waals surface area contributed by atoms with E-state index in [1.165, 1.54) is 10.5 Å². The third kappa shape index (κ3) is 6.39. The zero-order valence-corrected chi connectivity index (χ0v) is 25.9. The first-order valence-electron chi connectivity index (χ1n) is 14.2. The van der Waals surface area contributed by atoms with Gasteiger partial charge >= 0.3 is 6.09 Å². The molecule has 6 heteroatoms. The maximum atomic E-state index is 13.6. The zero-order chi connectivity index (χ0) is 29.1. The summed E-state index contributed by atoms with van der Waals surface area (Å²) in [4.78, 5) is 28.4. The molecular formula is C34H43NO4Si. The largest absolute Gasteiger partial charge is 0.443 e. The molecule has 0 unspecified atom stereocenters. The third-order valence-electron chi connectivity index (χ3n) is 7.66. The number of piperidine rings is 1. The molecule has 3 aromatic rings. The fraction of sp³-hybridized carbons (Fsp3) is 0.412. The quantitative estimate of drug-likeness (QED) is 0.321. The first-order valence-corrected chi connectivity index (χ1v) is 16.1. The van der Waals surface area contributed by atoms with Gasteiger partial charge in [-0.3, -0.25) is 4.79 Å². The second kappa shape index (κ2) is 11.7. The molecule has 2 amide bonds. The van der Waals surface area contributed by atoms with Gasteiger partial charge in [-0.15, -0.1) is 0 Å². The van der Waals surface area contributed by atoms with Crippen molar-refractivity contribution in [2.75, 3.05) is 6.61 Å². The van der Waals surface area contributed by atoms with Gasteiger partial charge in [0, 0.05) is 6.42 Å². The molecule has 1 heterocycles. The average Bonchev–Trinajstić information content (AvgIpc) is 2.88. The molecule has 1 aliphatic rings. The molecule has 0 radical (unpaired) electrons. The van der Waals surface area contributed by atoms with Gasteiger partial charge in [-0.25, -0.2) is 9.69 Å². The van der Waals surface area contributed by atoms with Crippen molar-refractivity contribution in [1.29, 1.82) is 0 Å². The fourth-order valence-corrected chi connectivity index (χ4v) is 10.4. The molecule has 0 N–H and O–H groups in total. The Labute approximate surface area is 240 Å². The molecule has 4 rings (SSSR count). The van der Waals surface area contributed by atoms with E-state index >= 15 is 0 Å². The van der Waals surface area contributed by atoms with Crippen LogP contribution >= 0.6 is 0 Å². The minimum atomic E-state index is -2.87. The monoisotopic (exact) mass is 557 g/mol. The molecule has 3 aromatic carbocycles. The topological polar surface area (TPSA) is 55.8 Å². The van der Waals surface area contributed by atoms with Gasteiger partial charge < -0.3 is 9.16 Å². The van der Waals surface area contributed by atoms with Crippen molar-refractivity contribution >= 4 is 30.7 Å². The van der Waals surface area contributed by atoms with E-state index in [1.54, 1.807) is 0 Å². The normalized spacial score (nSPS) is 18.5. The van der Waals surface area contributed by atoms with Gasteiger partial charge in [-0.1, -0.05) is 111 Å². The molecule has 0 spiro atoms. The van der Waals surface area contributed by atoms with Gasteiger partial charge in [0.25, 0.3) is 8.32 Å². The van der Waals surface area contributed by atoms with E-state index < -0.39 is 26.1 Å². The number of aryl methyl sites for hydroxylation is 1. The van der Waals surface area contributed by atoms with Crippen molar-refractivity contribution in [3.63, 3.8) is 0 Å². The van der Waals surface area contributed by atoms with Crippen molar-refractivity contribution in [2.45, 2.75) is 83.9 Å². The van der Waals surface area contributed by atoms with E-state index in [4.69, 9.17) is 9.16 Å². The zero-order valence-electron chi connectivity index (χ0n) is 24.9. The predicted molar refractivity (Wildman–Crippen MR) is 164 cm³/mol. The number of benzene rings is 3. The van der Waals surface area contributed by atoms with Crippen molar-refractivity contribution in [3.05, 3.63) is 96.1 Å². The summed E-state index contributed by atoms with van der Waals surface area (Å²) in [6.07, 6.45) is 0.278. The first kappa shape index (κ1) is 29.8. The summed E-state index contributed by atoms with van der Waals surface area (Å²) in [6.45, 7) is 14.4. The number of hydrogen-bond acceptors (Lipinski definition) is 4. The second-order valence-corrected chi connectivity index (χ2v) is 17.2. The van der Waals surface area contributed by atoms with Crippen molar-refractivity contribution in [3.8, 4) is 0 Å². The van der Waals surface area contributed by atoms with Crippen molar-refractivity contribution in [2.24, 2.45) is 0 Å². The Morgan fingerprint density at radius 3 is 1.85 bits per heavy atom. The lowest BCUT2D eigenvalue weighted by molar-refractivity contribution is -0.136. The first-order chi connectivity index (χ1) is 18.8. The maximum Gasteiger partial charge on any atom is 0.417 e. The molecule has 0 aliphatic carbocycles. The SMILES string of the molecule is Cc1ccc([C@H]2CC(=O)N(C(=O)OC(C)(C)C)[C@H](CO[Si](c3ccccc3)(c3ccccc3)C(C)(C)C)C2)cc1. The Kier molecular flexibility index (Phi) is 8.71. The number of ether oxygens (including phenoxy) is 1. The number of imide groups is 1. The van der Waals surface area contributed by atoms with Crippen LogP contribution in [0.4, 0.5) is 4.79 Å². The highest BCUT2D eigenvalue weighted by Gasteiger charge is 2.51. The van der Waals surface area contributed by atoms with Crippen LogP contribution in [0.3, 0.4) is 0 Å². The summed E-state index contributed by atoms with van der Waals surface area (Å²) in [6, 6.07) is 28.7. The number of nitrogens with zero attached hydrogens (tertiary/aromatic N) is 1. The summed E-state index contributed by atoms with van der Waals surface area (Å²) in [7, 11) is -2.87. The molecular weight excluding hydrogens is 514 g/mol. The van der Waals surface area contributed by atoms with Crippen LogP contribution in [0.5, 0.6) is 0 Å². The summed E-state index contributed by atoms with van der Waals surface area (Å²) in [5, 5.41) is 2.10. The van der Waals surface area contributed by atoms with Crippen LogP contribution in [0, 0.1) is 6.92 Å². The minimum Gasteiger partial charge on any atom is -0.443 e. The molecule has 5 nitrogen and oxygen atoms in total. The predicted octanol–water partition coefficient (Wildman–Crippen LogP) is 6.58. The van der Waals surface area contributed by atoms with Gasteiger partial charge in [0.2, 0.25) is 5.91 Å². The Morgan fingerprint density at radius 1 is 0.850 bits per heavy atom. The highest BCUT2D eigenvalue weighted by molar-refractivity contribution is 6.99. The number of likely N-dealkylation sites (tertiary alicyclic amines) is 1. The van der Waals surface area contributed by atoms with Gasteiger partial charge in [0.15, 0.2) is 0 Å². The van der Waals surface area contributed by atoms with Crippen LogP contribution in [-0.2, 0) is 14.0 Å². The van der Waals surface area contributed by atoms with E-state index in [0.717, 1.165) is 15.9 Å². The number of carbonyl (C=O) groups excluding carboxylic acids is 2. The van der Waals surface area contributed by atoms with Crippen LogP contribution in [0.15, 0.2) is 84.9 Å². The van der Waals surface area contributed by atoms with Crippen LogP contribution in [0.1, 0.15) is 71.4 Å². The summed E-state index contributed by atoms with van der Waals surface area (Å²) < 4.78 is 12.9. The molecule has 1 aliphatic heterocycles. The van der Waals surface area contributed by atoms with E-state index in [2.05, 4.69) is 100 Å². The number of hydrogen-bond donors (Lipinski definition) is 0. The molecule has 0 aromatic heterocycles. The Morgan fingerprint density at radius 2 is 1.38 bits per heavy atom. The fourth-order valence-electron chi connectivity index (χ4n) is 5.81. The van der Waals surface area contributed by atoms with Crippen LogP contribution < -0.4 is 10.4 Å². The van der Waals surface area contributed by atoms with E-state index in [9.17, 15) is 9.59 Å². The number of amides is 2. The summed E-state index contributed by atoms with van der Waals surface area (Å²) in [5.74, 6) is -0.221. The van der Waals surface area contributed by atoms with Crippen LogP contribution in [-0.4, -0.2) is 43.5 Å².